The number of nitrogens with one attached hydrogen (secondary N) is 1. The summed E-state index contributed by atoms with van der Waals surface area (Å²) in [6, 6.07) is 8.40. The van der Waals surface area contributed by atoms with E-state index in [1.807, 2.05) is 0 Å². The zero-order chi connectivity index (χ0) is 17.9. The molecule has 0 saturated heterocycles. The minimum atomic E-state index is -1.56. The van der Waals surface area contributed by atoms with Crippen LogP contribution in [0.5, 0.6) is 0 Å². The van der Waals surface area contributed by atoms with Crippen LogP contribution in [0.2, 0.25) is 0 Å². The van der Waals surface area contributed by atoms with Crippen LogP contribution in [0, 0.1) is 10.1 Å². The first-order valence-corrected chi connectivity index (χ1v) is 6.46. The molecule has 2 aromatic carbocycles. The van der Waals surface area contributed by atoms with E-state index >= 15 is 0 Å². The number of aromatic carboxylic acids is 2. The lowest BCUT2D eigenvalue weighted by molar-refractivity contribution is -0.385. The number of anilines is 1. The third-order valence-corrected chi connectivity index (χ3v) is 3.10. The van der Waals surface area contributed by atoms with Crippen LogP contribution in [0.3, 0.4) is 0 Å². The highest BCUT2D eigenvalue weighted by Crippen LogP contribution is 2.26. The van der Waals surface area contributed by atoms with E-state index in [9.17, 15) is 24.5 Å². The van der Waals surface area contributed by atoms with Gasteiger partial charge in [-0.15, -0.1) is 0 Å². The molecule has 122 valence electrons. The number of carboxylic acid groups (broad SMARTS) is 2. The highest BCUT2D eigenvalue weighted by atomic mass is 16.6. The molecule has 0 atom stereocenters. The lowest BCUT2D eigenvalue weighted by Crippen LogP contribution is -2.16. The SMILES string of the molecule is O=C(O)c1ccc(C(=O)Nc2cccc([N+](=O)[O-])c2C(=O)O)cc1. The first-order valence-electron chi connectivity index (χ1n) is 6.46. The molecular formula is C15H10N2O7. The maximum atomic E-state index is 12.1. The van der Waals surface area contributed by atoms with Crippen molar-refractivity contribution in [2.75, 3.05) is 5.32 Å². The lowest BCUT2D eigenvalue weighted by Gasteiger charge is -2.09. The molecule has 0 fully saturated rings. The number of hydrogen-bond acceptors (Lipinski definition) is 5. The summed E-state index contributed by atoms with van der Waals surface area (Å²) >= 11 is 0. The number of nitro benzene ring substituents is 1. The second-order valence-electron chi connectivity index (χ2n) is 4.60. The van der Waals surface area contributed by atoms with Crippen molar-refractivity contribution in [3.8, 4) is 0 Å². The maximum Gasteiger partial charge on any atom is 0.344 e. The molecule has 0 unspecified atom stereocenters. The zero-order valence-corrected chi connectivity index (χ0v) is 11.9. The average molecular weight is 330 g/mol. The van der Waals surface area contributed by atoms with Crippen LogP contribution in [0.25, 0.3) is 0 Å². The van der Waals surface area contributed by atoms with Crippen molar-refractivity contribution in [3.63, 3.8) is 0 Å². The highest BCUT2D eigenvalue weighted by molar-refractivity contribution is 6.09. The molecule has 2 rings (SSSR count). The molecule has 1 amide bonds. The van der Waals surface area contributed by atoms with Crippen molar-refractivity contribution >= 4 is 29.2 Å². The highest BCUT2D eigenvalue weighted by Gasteiger charge is 2.24. The van der Waals surface area contributed by atoms with E-state index in [0.29, 0.717) is 0 Å². The Morgan fingerprint density at radius 2 is 1.50 bits per heavy atom. The van der Waals surface area contributed by atoms with Crippen LogP contribution in [0.15, 0.2) is 42.5 Å². The molecule has 0 spiro atoms. The number of nitrogens with zero attached hydrogens (tertiary/aromatic N) is 1. The maximum absolute atomic E-state index is 12.1. The monoisotopic (exact) mass is 330 g/mol. The molecule has 0 bridgehead atoms. The van der Waals surface area contributed by atoms with Gasteiger partial charge in [0.15, 0.2) is 5.56 Å². The number of hydrogen-bond donors (Lipinski definition) is 3. The van der Waals surface area contributed by atoms with Gasteiger partial charge in [-0.1, -0.05) is 6.07 Å². The molecule has 0 heterocycles. The van der Waals surface area contributed by atoms with Gasteiger partial charge in [0.25, 0.3) is 11.6 Å². The van der Waals surface area contributed by atoms with Crippen molar-refractivity contribution in [1.29, 1.82) is 0 Å². The molecule has 0 aliphatic carbocycles. The van der Waals surface area contributed by atoms with Gasteiger partial charge < -0.3 is 15.5 Å². The molecule has 0 aromatic heterocycles. The van der Waals surface area contributed by atoms with E-state index in [1.165, 1.54) is 36.4 Å². The molecule has 24 heavy (non-hydrogen) atoms. The van der Waals surface area contributed by atoms with E-state index in [0.717, 1.165) is 6.07 Å². The number of carboxylic acids is 2. The first kappa shape index (κ1) is 16.6. The van der Waals surface area contributed by atoms with Gasteiger partial charge in [0.05, 0.1) is 16.2 Å². The average Bonchev–Trinajstić information content (AvgIpc) is 2.54. The molecule has 0 radical (unpaired) electrons. The minimum Gasteiger partial charge on any atom is -0.478 e. The van der Waals surface area contributed by atoms with Crippen molar-refractivity contribution in [2.45, 2.75) is 0 Å². The van der Waals surface area contributed by atoms with E-state index in [2.05, 4.69) is 5.32 Å². The van der Waals surface area contributed by atoms with Crippen molar-refractivity contribution in [2.24, 2.45) is 0 Å². The van der Waals surface area contributed by atoms with E-state index in [-0.39, 0.29) is 16.8 Å². The molecule has 9 heteroatoms. The molecular weight excluding hydrogens is 320 g/mol. The van der Waals surface area contributed by atoms with Crippen LogP contribution in [-0.2, 0) is 0 Å². The summed E-state index contributed by atoms with van der Waals surface area (Å²) in [4.78, 5) is 44.2. The summed E-state index contributed by atoms with van der Waals surface area (Å²) in [5, 5.41) is 31.1. The summed E-state index contributed by atoms with van der Waals surface area (Å²) in [5.41, 5.74) is -1.47. The molecule has 9 nitrogen and oxygen atoms in total. The lowest BCUT2D eigenvalue weighted by atomic mass is 10.1. The predicted molar refractivity (Wildman–Crippen MR) is 81.4 cm³/mol. The Morgan fingerprint density at radius 3 is 2.00 bits per heavy atom. The first-order chi connectivity index (χ1) is 11.3. The topological polar surface area (TPSA) is 147 Å². The Morgan fingerprint density at radius 1 is 0.917 bits per heavy atom. The van der Waals surface area contributed by atoms with E-state index in [1.54, 1.807) is 0 Å². The summed E-state index contributed by atoms with van der Waals surface area (Å²) < 4.78 is 0. The number of amides is 1. The second-order valence-corrected chi connectivity index (χ2v) is 4.60. The number of carbonyl (C=O) groups excluding carboxylic acids is 1. The van der Waals surface area contributed by atoms with Gasteiger partial charge in [0, 0.05) is 11.6 Å². The van der Waals surface area contributed by atoms with Gasteiger partial charge in [-0.3, -0.25) is 14.9 Å². The third-order valence-electron chi connectivity index (χ3n) is 3.10. The Hall–Kier alpha value is -3.75. The fraction of sp³-hybridized carbons (Fsp3) is 0. The number of carbonyl (C=O) groups is 3. The largest absolute Gasteiger partial charge is 0.478 e. The molecule has 0 aliphatic rings. The molecule has 3 N–H and O–H groups in total. The normalized spacial score (nSPS) is 10.0. The molecule has 0 aliphatic heterocycles. The number of rotatable bonds is 5. The van der Waals surface area contributed by atoms with Gasteiger partial charge in [0.1, 0.15) is 0 Å². The summed E-state index contributed by atoms with van der Waals surface area (Å²) in [5.74, 6) is -3.44. The standard InChI is InChI=1S/C15H10N2O7/c18-13(8-4-6-9(7-5-8)14(19)20)16-10-2-1-3-11(17(23)24)12(10)15(21)22/h1-7H,(H,16,18)(H,19,20)(H,21,22). The Labute approximate surface area is 134 Å². The van der Waals surface area contributed by atoms with Gasteiger partial charge in [-0.05, 0) is 30.3 Å². The summed E-state index contributed by atoms with van der Waals surface area (Å²) in [7, 11) is 0. The van der Waals surface area contributed by atoms with Gasteiger partial charge in [0.2, 0.25) is 0 Å². The van der Waals surface area contributed by atoms with Crippen LogP contribution in [-0.4, -0.2) is 33.0 Å². The Kier molecular flexibility index (Phi) is 4.55. The van der Waals surface area contributed by atoms with Crippen molar-refractivity contribution < 1.29 is 29.5 Å². The Balaban J connectivity index is 2.35. The molecule has 0 saturated carbocycles. The summed E-state index contributed by atoms with van der Waals surface area (Å²) in [6.07, 6.45) is 0. The quantitative estimate of drug-likeness (QED) is 0.562. The van der Waals surface area contributed by atoms with Crippen LogP contribution in [0.4, 0.5) is 11.4 Å². The minimum absolute atomic E-state index is 0.0203. The van der Waals surface area contributed by atoms with Crippen LogP contribution < -0.4 is 5.32 Å². The zero-order valence-electron chi connectivity index (χ0n) is 11.9. The number of benzene rings is 2. The van der Waals surface area contributed by atoms with Gasteiger partial charge in [-0.2, -0.15) is 0 Å². The van der Waals surface area contributed by atoms with E-state index < -0.39 is 34.0 Å². The van der Waals surface area contributed by atoms with Gasteiger partial charge in [-0.25, -0.2) is 9.59 Å². The molecule has 2 aromatic rings. The van der Waals surface area contributed by atoms with Crippen molar-refractivity contribution in [1.82, 2.24) is 0 Å². The van der Waals surface area contributed by atoms with Crippen LogP contribution >= 0.6 is 0 Å². The van der Waals surface area contributed by atoms with E-state index in [4.69, 9.17) is 10.2 Å². The smallest absolute Gasteiger partial charge is 0.344 e. The third kappa shape index (κ3) is 3.35. The fourth-order valence-corrected chi connectivity index (χ4v) is 1.98. The number of nitro groups is 1. The van der Waals surface area contributed by atoms with Crippen LogP contribution in [0.1, 0.15) is 31.1 Å². The second kappa shape index (κ2) is 6.57. The summed E-state index contributed by atoms with van der Waals surface area (Å²) in [6.45, 7) is 0. The fourth-order valence-electron chi connectivity index (χ4n) is 1.98. The van der Waals surface area contributed by atoms with Gasteiger partial charge >= 0.3 is 11.9 Å². The van der Waals surface area contributed by atoms with Crippen molar-refractivity contribution in [3.05, 3.63) is 69.3 Å². The Bertz CT molecular complexity index is 843. The predicted octanol–water partition coefficient (Wildman–Crippen LogP) is 2.24.